The van der Waals surface area contributed by atoms with Gasteiger partial charge in [-0.2, -0.15) is 0 Å². The summed E-state index contributed by atoms with van der Waals surface area (Å²) in [6, 6.07) is 18.8. The average molecular weight is 440 g/mol. The summed E-state index contributed by atoms with van der Waals surface area (Å²) < 4.78 is 28.4. The summed E-state index contributed by atoms with van der Waals surface area (Å²) in [6.45, 7) is 1.69. The largest absolute Gasteiger partial charge is 0.360 e. The Morgan fingerprint density at radius 2 is 1.73 bits per heavy atom. The molecular formula is C22H18ClN3O3S. The number of rotatable bonds is 5. The van der Waals surface area contributed by atoms with Crippen molar-refractivity contribution in [3.8, 4) is 0 Å². The van der Waals surface area contributed by atoms with Crippen molar-refractivity contribution >= 4 is 49.8 Å². The predicted molar refractivity (Wildman–Crippen MR) is 120 cm³/mol. The van der Waals surface area contributed by atoms with Gasteiger partial charge in [0.15, 0.2) is 0 Å². The number of para-hydroxylation sites is 2. The number of aryl methyl sites for hydroxylation is 1. The molecule has 3 aromatic carbocycles. The lowest BCUT2D eigenvalue weighted by Crippen LogP contribution is -2.16. The van der Waals surface area contributed by atoms with Crippen LogP contribution in [0.5, 0.6) is 0 Å². The van der Waals surface area contributed by atoms with Gasteiger partial charge in [0.05, 0.1) is 21.2 Å². The number of nitrogens with one attached hydrogen (secondary N) is 3. The van der Waals surface area contributed by atoms with Gasteiger partial charge in [0, 0.05) is 22.8 Å². The monoisotopic (exact) mass is 439 g/mol. The standard InChI is InChI=1S/C22H18ClN3O3S/c1-14-10-11-15(25-22(27)17-13-24-19-8-4-2-6-16(17)19)12-21(14)30(28,29)26-20-9-5-3-7-18(20)23/h2-13,24,26H,1H3,(H,25,27). The third kappa shape index (κ3) is 3.90. The van der Waals surface area contributed by atoms with Crippen molar-refractivity contribution in [2.45, 2.75) is 11.8 Å². The quantitative estimate of drug-likeness (QED) is 0.400. The molecule has 0 fully saturated rings. The van der Waals surface area contributed by atoms with E-state index in [0.29, 0.717) is 21.8 Å². The number of fused-ring (bicyclic) bond motifs is 1. The minimum atomic E-state index is -3.91. The highest BCUT2D eigenvalue weighted by atomic mass is 35.5. The van der Waals surface area contributed by atoms with Crippen LogP contribution >= 0.6 is 11.6 Å². The number of aromatic nitrogens is 1. The average Bonchev–Trinajstić information content (AvgIpc) is 3.15. The highest BCUT2D eigenvalue weighted by Gasteiger charge is 2.20. The van der Waals surface area contributed by atoms with Crippen LogP contribution in [-0.4, -0.2) is 19.3 Å². The smallest absolute Gasteiger partial charge is 0.262 e. The molecular weight excluding hydrogens is 422 g/mol. The SMILES string of the molecule is Cc1ccc(NC(=O)c2c[nH]c3ccccc23)cc1S(=O)(=O)Nc1ccccc1Cl. The molecule has 0 radical (unpaired) electrons. The fraction of sp³-hybridized carbons (Fsp3) is 0.0455. The number of carbonyl (C=O) groups is 1. The number of halogens is 1. The van der Waals surface area contributed by atoms with Gasteiger partial charge in [0.1, 0.15) is 0 Å². The van der Waals surface area contributed by atoms with Crippen LogP contribution in [0.3, 0.4) is 0 Å². The number of anilines is 2. The van der Waals surface area contributed by atoms with Gasteiger partial charge in [0.25, 0.3) is 15.9 Å². The highest BCUT2D eigenvalue weighted by molar-refractivity contribution is 7.92. The summed E-state index contributed by atoms with van der Waals surface area (Å²) >= 11 is 6.08. The topological polar surface area (TPSA) is 91.1 Å². The normalized spacial score (nSPS) is 11.4. The molecule has 6 nitrogen and oxygen atoms in total. The molecule has 4 aromatic rings. The molecule has 0 aliphatic carbocycles. The summed E-state index contributed by atoms with van der Waals surface area (Å²) in [4.78, 5) is 15.9. The fourth-order valence-corrected chi connectivity index (χ4v) is 4.76. The molecule has 0 unspecified atom stereocenters. The van der Waals surface area contributed by atoms with Gasteiger partial charge in [-0.05, 0) is 42.8 Å². The Labute approximate surface area is 178 Å². The van der Waals surface area contributed by atoms with Crippen LogP contribution in [0.1, 0.15) is 15.9 Å². The highest BCUT2D eigenvalue weighted by Crippen LogP contribution is 2.27. The number of H-pyrrole nitrogens is 1. The lowest BCUT2D eigenvalue weighted by Gasteiger charge is -2.13. The van der Waals surface area contributed by atoms with Crippen LogP contribution in [0, 0.1) is 6.92 Å². The molecule has 30 heavy (non-hydrogen) atoms. The van der Waals surface area contributed by atoms with Gasteiger partial charge < -0.3 is 10.3 Å². The van der Waals surface area contributed by atoms with Crippen LogP contribution < -0.4 is 10.0 Å². The van der Waals surface area contributed by atoms with Gasteiger partial charge in [-0.3, -0.25) is 9.52 Å². The number of carbonyl (C=O) groups excluding carboxylic acids is 1. The summed E-state index contributed by atoms with van der Waals surface area (Å²) in [7, 11) is -3.91. The van der Waals surface area contributed by atoms with E-state index in [1.54, 1.807) is 49.5 Å². The molecule has 1 aromatic heterocycles. The van der Waals surface area contributed by atoms with E-state index in [0.717, 1.165) is 10.9 Å². The molecule has 0 saturated carbocycles. The number of hydrogen-bond acceptors (Lipinski definition) is 3. The Morgan fingerprint density at radius 1 is 1.00 bits per heavy atom. The number of amides is 1. The summed E-state index contributed by atoms with van der Waals surface area (Å²) in [5.41, 5.74) is 2.52. The molecule has 0 bridgehead atoms. The van der Waals surface area contributed by atoms with Crippen molar-refractivity contribution in [2.24, 2.45) is 0 Å². The second-order valence-electron chi connectivity index (χ2n) is 6.77. The van der Waals surface area contributed by atoms with Crippen molar-refractivity contribution in [1.29, 1.82) is 0 Å². The first-order valence-corrected chi connectivity index (χ1v) is 11.0. The van der Waals surface area contributed by atoms with Gasteiger partial charge in [-0.15, -0.1) is 0 Å². The van der Waals surface area contributed by atoms with E-state index >= 15 is 0 Å². The van der Waals surface area contributed by atoms with E-state index in [-0.39, 0.29) is 16.5 Å². The van der Waals surface area contributed by atoms with Gasteiger partial charge in [-0.25, -0.2) is 8.42 Å². The number of sulfonamides is 1. The zero-order valence-electron chi connectivity index (χ0n) is 15.9. The van der Waals surface area contributed by atoms with Crippen LogP contribution in [0.15, 0.2) is 77.8 Å². The minimum Gasteiger partial charge on any atom is -0.360 e. The molecule has 3 N–H and O–H groups in total. The van der Waals surface area contributed by atoms with E-state index in [2.05, 4.69) is 15.0 Å². The third-order valence-corrected chi connectivity index (χ3v) is 6.52. The van der Waals surface area contributed by atoms with Crippen LogP contribution in [0.4, 0.5) is 11.4 Å². The van der Waals surface area contributed by atoms with Crippen molar-refractivity contribution in [2.75, 3.05) is 10.0 Å². The molecule has 0 atom stereocenters. The molecule has 0 aliphatic rings. The van der Waals surface area contributed by atoms with Gasteiger partial charge in [0.2, 0.25) is 0 Å². The molecule has 1 amide bonds. The van der Waals surface area contributed by atoms with Crippen LogP contribution in [0.2, 0.25) is 5.02 Å². The fourth-order valence-electron chi connectivity index (χ4n) is 3.17. The Bertz CT molecular complexity index is 1360. The molecule has 1 heterocycles. The Morgan fingerprint density at radius 3 is 2.53 bits per heavy atom. The molecule has 8 heteroatoms. The maximum atomic E-state index is 12.9. The molecule has 0 spiro atoms. The van der Waals surface area contributed by atoms with Crippen molar-refractivity contribution in [1.82, 2.24) is 4.98 Å². The second kappa shape index (κ2) is 7.85. The zero-order valence-corrected chi connectivity index (χ0v) is 17.5. The van der Waals surface area contributed by atoms with E-state index in [9.17, 15) is 13.2 Å². The Balaban J connectivity index is 1.63. The maximum Gasteiger partial charge on any atom is 0.262 e. The van der Waals surface area contributed by atoms with Gasteiger partial charge in [-0.1, -0.05) is 48.0 Å². The molecule has 0 saturated heterocycles. The first kappa shape index (κ1) is 20.0. The predicted octanol–water partition coefficient (Wildman–Crippen LogP) is 5.18. The van der Waals surface area contributed by atoms with Crippen molar-refractivity contribution < 1.29 is 13.2 Å². The number of hydrogen-bond donors (Lipinski definition) is 3. The maximum absolute atomic E-state index is 12.9. The van der Waals surface area contributed by atoms with Gasteiger partial charge >= 0.3 is 0 Å². The summed E-state index contributed by atoms with van der Waals surface area (Å²) in [6.07, 6.45) is 1.63. The zero-order chi connectivity index (χ0) is 21.3. The van der Waals surface area contributed by atoms with Crippen LogP contribution in [0.25, 0.3) is 10.9 Å². The van der Waals surface area contributed by atoms with Crippen LogP contribution in [-0.2, 0) is 10.0 Å². The van der Waals surface area contributed by atoms with Crippen molar-refractivity contribution in [3.05, 3.63) is 89.1 Å². The number of benzene rings is 3. The molecule has 0 aliphatic heterocycles. The second-order valence-corrected chi connectivity index (χ2v) is 8.83. The first-order valence-electron chi connectivity index (χ1n) is 9.10. The number of aromatic amines is 1. The van der Waals surface area contributed by atoms with Crippen molar-refractivity contribution in [3.63, 3.8) is 0 Å². The minimum absolute atomic E-state index is 0.0548. The lowest BCUT2D eigenvalue weighted by atomic mass is 10.1. The molecule has 4 rings (SSSR count). The lowest BCUT2D eigenvalue weighted by molar-refractivity contribution is 0.102. The van der Waals surface area contributed by atoms with E-state index in [1.165, 1.54) is 6.07 Å². The third-order valence-electron chi connectivity index (χ3n) is 4.69. The van der Waals surface area contributed by atoms with E-state index in [4.69, 9.17) is 11.6 Å². The summed E-state index contributed by atoms with van der Waals surface area (Å²) in [5, 5.41) is 3.86. The Hall–Kier alpha value is -3.29. The Kier molecular flexibility index (Phi) is 5.24. The first-order chi connectivity index (χ1) is 14.3. The van der Waals surface area contributed by atoms with E-state index in [1.807, 2.05) is 24.3 Å². The molecule has 152 valence electrons. The van der Waals surface area contributed by atoms with E-state index < -0.39 is 10.0 Å². The summed E-state index contributed by atoms with van der Waals surface area (Å²) in [5.74, 6) is -0.335.